The van der Waals surface area contributed by atoms with E-state index in [1.807, 2.05) is 0 Å². The molecule has 0 aromatic carbocycles. The van der Waals surface area contributed by atoms with Crippen molar-refractivity contribution < 1.29 is 34.8 Å². The molecule has 0 radical (unpaired) electrons. The molecule has 1 saturated heterocycles. The Hall–Kier alpha value is -1.26. The molecule has 0 spiro atoms. The van der Waals surface area contributed by atoms with Crippen molar-refractivity contribution in [3.05, 3.63) is 0 Å². The number of hydrogen-bond donors (Lipinski definition) is 5. The smallest absolute Gasteiger partial charge is 0.222 e. The molecule has 2 aliphatic rings. The summed E-state index contributed by atoms with van der Waals surface area (Å²) in [6, 6.07) is -0.762. The average Bonchev–Trinajstić information content (AvgIpc) is 3.18. The Labute approximate surface area is 172 Å². The largest absolute Gasteiger partial charge is 0.396 e. The second-order valence-corrected chi connectivity index (χ2v) is 8.17. The molecule has 0 bridgehead atoms. The van der Waals surface area contributed by atoms with Crippen LogP contribution in [0.2, 0.25) is 0 Å². The summed E-state index contributed by atoms with van der Waals surface area (Å²) in [5.74, 6) is -0.736. The monoisotopic (exact) mass is 416 g/mol. The number of amides is 2. The summed E-state index contributed by atoms with van der Waals surface area (Å²) < 4.78 is 5.86. The third-order valence-corrected chi connectivity index (χ3v) is 6.02. The minimum atomic E-state index is -1.20. The van der Waals surface area contributed by atoms with Crippen LogP contribution in [0.15, 0.2) is 0 Å². The molecule has 0 aromatic heterocycles. The number of rotatable bonds is 10. The third-order valence-electron chi connectivity index (χ3n) is 6.02. The Morgan fingerprint density at radius 2 is 1.86 bits per heavy atom. The number of aliphatic hydroxyl groups excluding tert-OH is 4. The first-order chi connectivity index (χ1) is 13.9. The van der Waals surface area contributed by atoms with Gasteiger partial charge in [0.2, 0.25) is 11.8 Å². The summed E-state index contributed by atoms with van der Waals surface area (Å²) in [6.45, 7) is 2.22. The topological polar surface area (TPSA) is 140 Å². The van der Waals surface area contributed by atoms with Crippen molar-refractivity contribution in [3.63, 3.8) is 0 Å². The zero-order chi connectivity index (χ0) is 21.4. The molecule has 9 nitrogen and oxygen atoms in total. The van der Waals surface area contributed by atoms with Gasteiger partial charge >= 0.3 is 0 Å². The van der Waals surface area contributed by atoms with Gasteiger partial charge in [0.05, 0.1) is 30.9 Å². The number of nitrogens with one attached hydrogen (secondary N) is 1. The minimum Gasteiger partial charge on any atom is -0.396 e. The Morgan fingerprint density at radius 3 is 2.52 bits per heavy atom. The summed E-state index contributed by atoms with van der Waals surface area (Å²) in [7, 11) is 0. The zero-order valence-corrected chi connectivity index (χ0v) is 17.2. The molecule has 0 aromatic rings. The number of carbonyl (C=O) groups is 2. The second-order valence-electron chi connectivity index (χ2n) is 8.17. The number of carbonyl (C=O) groups excluding carboxylic acids is 2. The van der Waals surface area contributed by atoms with Crippen LogP contribution in [-0.2, 0) is 14.3 Å². The fourth-order valence-electron chi connectivity index (χ4n) is 4.35. The van der Waals surface area contributed by atoms with E-state index in [1.54, 1.807) is 4.90 Å². The average molecular weight is 417 g/mol. The molecule has 1 heterocycles. The predicted molar refractivity (Wildman–Crippen MR) is 105 cm³/mol. The van der Waals surface area contributed by atoms with Crippen molar-refractivity contribution in [2.45, 2.75) is 82.3 Å². The highest BCUT2D eigenvalue weighted by Crippen LogP contribution is 2.28. The zero-order valence-electron chi connectivity index (χ0n) is 17.2. The summed E-state index contributed by atoms with van der Waals surface area (Å²) in [6.07, 6.45) is 2.05. The highest BCUT2D eigenvalue weighted by molar-refractivity contribution is 5.76. The van der Waals surface area contributed by atoms with E-state index in [1.165, 1.54) is 6.92 Å². The fraction of sp³-hybridized carbons (Fsp3) is 0.900. The van der Waals surface area contributed by atoms with E-state index in [0.29, 0.717) is 19.4 Å². The third kappa shape index (κ3) is 6.62. The van der Waals surface area contributed by atoms with Crippen LogP contribution in [0.4, 0.5) is 0 Å². The van der Waals surface area contributed by atoms with Gasteiger partial charge < -0.3 is 35.4 Å². The summed E-state index contributed by atoms with van der Waals surface area (Å²) in [4.78, 5) is 25.5. The lowest BCUT2D eigenvalue weighted by Gasteiger charge is -2.42. The molecule has 5 N–H and O–H groups in total. The van der Waals surface area contributed by atoms with E-state index in [2.05, 4.69) is 5.32 Å². The fourth-order valence-corrected chi connectivity index (χ4v) is 4.35. The lowest BCUT2D eigenvalue weighted by molar-refractivity contribution is -0.142. The SMILES string of the molecule is CC(=O)NC1C(OCCCCCC(=O)N2CCC[C@H]2CO)CC(CO)C(O)C1O. The van der Waals surface area contributed by atoms with Crippen molar-refractivity contribution in [2.75, 3.05) is 26.4 Å². The van der Waals surface area contributed by atoms with Crippen molar-refractivity contribution in [3.8, 4) is 0 Å². The Bertz CT molecular complexity index is 533. The summed E-state index contributed by atoms with van der Waals surface area (Å²) >= 11 is 0. The Kier molecular flexibility index (Phi) is 9.78. The maximum Gasteiger partial charge on any atom is 0.222 e. The van der Waals surface area contributed by atoms with Crippen LogP contribution in [-0.4, -0.2) is 93.9 Å². The lowest BCUT2D eigenvalue weighted by Crippen LogP contribution is -2.61. The number of hydrogen-bond acceptors (Lipinski definition) is 7. The van der Waals surface area contributed by atoms with E-state index in [0.717, 1.165) is 38.6 Å². The molecule has 6 atom stereocenters. The van der Waals surface area contributed by atoms with Gasteiger partial charge in [-0.1, -0.05) is 6.42 Å². The number of likely N-dealkylation sites (tertiary alicyclic amines) is 1. The second kappa shape index (κ2) is 11.8. The molecule has 1 aliphatic carbocycles. The number of aliphatic hydroxyl groups is 4. The maximum atomic E-state index is 12.2. The van der Waals surface area contributed by atoms with Crippen LogP contribution in [0, 0.1) is 5.92 Å². The van der Waals surface area contributed by atoms with Crippen molar-refractivity contribution in [2.24, 2.45) is 5.92 Å². The van der Waals surface area contributed by atoms with Crippen molar-refractivity contribution >= 4 is 11.8 Å². The highest BCUT2D eigenvalue weighted by Gasteiger charge is 2.44. The molecule has 2 rings (SSSR count). The molecule has 2 amide bonds. The van der Waals surface area contributed by atoms with Crippen LogP contribution in [0.25, 0.3) is 0 Å². The van der Waals surface area contributed by atoms with Crippen LogP contribution in [0.3, 0.4) is 0 Å². The molecule has 29 heavy (non-hydrogen) atoms. The van der Waals surface area contributed by atoms with Gasteiger partial charge in [0.25, 0.3) is 0 Å². The Balaban J connectivity index is 1.71. The van der Waals surface area contributed by atoms with E-state index in [-0.39, 0.29) is 31.1 Å². The van der Waals surface area contributed by atoms with Crippen LogP contribution in [0.5, 0.6) is 0 Å². The minimum absolute atomic E-state index is 0.0197. The first-order valence-corrected chi connectivity index (χ1v) is 10.6. The van der Waals surface area contributed by atoms with Gasteiger partial charge in [-0.3, -0.25) is 9.59 Å². The van der Waals surface area contributed by atoms with E-state index >= 15 is 0 Å². The van der Waals surface area contributed by atoms with Gasteiger partial charge in [0, 0.05) is 39.0 Å². The van der Waals surface area contributed by atoms with Gasteiger partial charge in [-0.15, -0.1) is 0 Å². The molecule has 1 aliphatic heterocycles. The van der Waals surface area contributed by atoms with E-state index in [9.17, 15) is 30.0 Å². The molecular formula is C20H36N2O7. The normalized spacial score (nSPS) is 32.4. The molecule has 1 saturated carbocycles. The van der Waals surface area contributed by atoms with E-state index in [4.69, 9.17) is 4.74 Å². The number of nitrogens with zero attached hydrogens (tertiary/aromatic N) is 1. The van der Waals surface area contributed by atoms with Gasteiger partial charge in [0.15, 0.2) is 0 Å². The first kappa shape index (κ1) is 24.0. The lowest BCUT2D eigenvalue weighted by atomic mass is 9.79. The molecule has 2 fully saturated rings. The first-order valence-electron chi connectivity index (χ1n) is 10.6. The molecule has 168 valence electrons. The van der Waals surface area contributed by atoms with Crippen molar-refractivity contribution in [1.29, 1.82) is 0 Å². The molecular weight excluding hydrogens is 380 g/mol. The maximum absolute atomic E-state index is 12.2. The van der Waals surface area contributed by atoms with E-state index < -0.39 is 30.3 Å². The Morgan fingerprint density at radius 1 is 1.10 bits per heavy atom. The number of unbranched alkanes of at least 4 members (excludes halogenated alkanes) is 2. The van der Waals surface area contributed by atoms with Gasteiger partial charge in [-0.2, -0.15) is 0 Å². The predicted octanol–water partition coefficient (Wildman–Crippen LogP) is -0.846. The van der Waals surface area contributed by atoms with Gasteiger partial charge in [0.1, 0.15) is 6.10 Å². The molecule has 9 heteroatoms. The van der Waals surface area contributed by atoms with Gasteiger partial charge in [-0.25, -0.2) is 0 Å². The molecule has 5 unspecified atom stereocenters. The summed E-state index contributed by atoms with van der Waals surface area (Å²) in [5, 5.41) is 41.8. The van der Waals surface area contributed by atoms with Crippen molar-refractivity contribution in [1.82, 2.24) is 10.2 Å². The van der Waals surface area contributed by atoms with Crippen LogP contribution < -0.4 is 5.32 Å². The van der Waals surface area contributed by atoms with Crippen LogP contribution in [0.1, 0.15) is 51.9 Å². The highest BCUT2D eigenvalue weighted by atomic mass is 16.5. The standard InChI is InChI=1S/C20H36N2O7/c1-13(25)21-18-16(10-14(11-23)19(27)20(18)28)29-9-4-2-3-7-17(26)22-8-5-6-15(22)12-24/h14-16,18-20,23-24,27-28H,2-12H2,1H3,(H,21,25)/t14?,15-,16?,18?,19?,20?/m0/s1. The quantitative estimate of drug-likeness (QED) is 0.292. The van der Waals surface area contributed by atoms with Crippen LogP contribution >= 0.6 is 0 Å². The van der Waals surface area contributed by atoms with Gasteiger partial charge in [-0.05, 0) is 32.1 Å². The number of ether oxygens (including phenoxy) is 1. The summed E-state index contributed by atoms with van der Waals surface area (Å²) in [5.41, 5.74) is 0.